The maximum absolute atomic E-state index is 10.9. The fourth-order valence-corrected chi connectivity index (χ4v) is 4.89. The summed E-state index contributed by atoms with van der Waals surface area (Å²) in [7, 11) is 0. The summed E-state index contributed by atoms with van der Waals surface area (Å²) in [5.74, 6) is 0.508. The van der Waals surface area contributed by atoms with E-state index < -0.39 is 0 Å². The smallest absolute Gasteiger partial charge is 0.0846 e. The van der Waals surface area contributed by atoms with Crippen LogP contribution in [0.4, 0.5) is 0 Å². The Labute approximate surface area is 145 Å². The normalized spacial score (nSPS) is 22.7. The summed E-state index contributed by atoms with van der Waals surface area (Å²) < 4.78 is 0. The summed E-state index contributed by atoms with van der Waals surface area (Å²) in [5, 5.41) is 10.9. The Morgan fingerprint density at radius 3 is 2.67 bits per heavy atom. The Kier molecular flexibility index (Phi) is 4.22. The van der Waals surface area contributed by atoms with E-state index in [1.807, 2.05) is 6.07 Å². The van der Waals surface area contributed by atoms with Crippen LogP contribution in [0.5, 0.6) is 0 Å². The molecule has 0 amide bonds. The van der Waals surface area contributed by atoms with E-state index in [9.17, 15) is 5.11 Å². The minimum absolute atomic E-state index is 0.145. The van der Waals surface area contributed by atoms with Crippen LogP contribution in [0.25, 0.3) is 0 Å². The molecule has 0 aromatic heterocycles. The Morgan fingerprint density at radius 2 is 2.00 bits per heavy atom. The van der Waals surface area contributed by atoms with Crippen molar-refractivity contribution in [2.45, 2.75) is 63.9 Å². The second kappa shape index (κ2) is 6.37. The molecule has 1 heteroatoms. The maximum atomic E-state index is 10.9. The second-order valence-electron chi connectivity index (χ2n) is 7.75. The van der Waals surface area contributed by atoms with Gasteiger partial charge in [-0.2, -0.15) is 0 Å². The van der Waals surface area contributed by atoms with Gasteiger partial charge in [0.2, 0.25) is 0 Å². The van der Waals surface area contributed by atoms with E-state index >= 15 is 0 Å². The molecule has 2 aliphatic rings. The van der Waals surface area contributed by atoms with Crippen LogP contribution in [-0.4, -0.2) is 5.11 Å². The number of hydrogen-bond acceptors (Lipinski definition) is 1. The fraction of sp³-hybridized carbons (Fsp3) is 0.478. The van der Waals surface area contributed by atoms with Gasteiger partial charge < -0.3 is 5.11 Å². The summed E-state index contributed by atoms with van der Waals surface area (Å²) in [6.07, 6.45) is 7.96. The van der Waals surface area contributed by atoms with Gasteiger partial charge in [0, 0.05) is 11.3 Å². The molecule has 0 bridgehead atoms. The first kappa shape index (κ1) is 15.9. The molecular weight excluding hydrogens is 292 g/mol. The van der Waals surface area contributed by atoms with Crippen molar-refractivity contribution in [2.24, 2.45) is 5.41 Å². The summed E-state index contributed by atoms with van der Waals surface area (Å²) >= 11 is 0. The number of aliphatic hydroxyl groups excluding tert-OH is 1. The van der Waals surface area contributed by atoms with Gasteiger partial charge in [0.15, 0.2) is 0 Å². The van der Waals surface area contributed by atoms with Crippen molar-refractivity contribution in [2.75, 3.05) is 0 Å². The molecule has 1 fully saturated rings. The van der Waals surface area contributed by atoms with Crippen LogP contribution < -0.4 is 0 Å². The fourth-order valence-electron chi connectivity index (χ4n) is 4.89. The molecule has 0 saturated heterocycles. The Balaban J connectivity index is 1.55. The number of benzene rings is 2. The van der Waals surface area contributed by atoms with Crippen molar-refractivity contribution >= 4 is 0 Å². The van der Waals surface area contributed by atoms with Gasteiger partial charge in [-0.05, 0) is 60.4 Å². The van der Waals surface area contributed by atoms with Gasteiger partial charge in [0.1, 0.15) is 0 Å². The van der Waals surface area contributed by atoms with Gasteiger partial charge in [-0.1, -0.05) is 62.2 Å². The Bertz CT molecular complexity index is 696. The molecule has 2 atom stereocenters. The largest absolute Gasteiger partial charge is 0.388 e. The highest BCUT2D eigenvalue weighted by molar-refractivity contribution is 5.42. The first-order chi connectivity index (χ1) is 11.7. The lowest BCUT2D eigenvalue weighted by atomic mass is 9.61. The van der Waals surface area contributed by atoms with Gasteiger partial charge in [-0.15, -0.1) is 0 Å². The molecule has 0 aliphatic heterocycles. The molecule has 0 heterocycles. The number of fused-ring (bicyclic) bond motifs is 1. The van der Waals surface area contributed by atoms with Crippen LogP contribution in [0.1, 0.15) is 79.7 Å². The molecule has 1 N–H and O–H groups in total. The lowest BCUT2D eigenvalue weighted by Gasteiger charge is -2.46. The minimum Gasteiger partial charge on any atom is -0.388 e. The predicted molar refractivity (Wildman–Crippen MR) is 98.0 cm³/mol. The monoisotopic (exact) mass is 319 g/mol. The van der Waals surface area contributed by atoms with Crippen LogP contribution in [0.3, 0.4) is 0 Å². The molecule has 1 radical (unpaired) electrons. The number of rotatable bonds is 5. The zero-order chi connectivity index (χ0) is 16.6. The maximum Gasteiger partial charge on any atom is 0.0846 e. The van der Waals surface area contributed by atoms with Crippen LogP contribution in [0, 0.1) is 11.5 Å². The first-order valence-corrected chi connectivity index (χ1v) is 9.50. The molecule has 4 rings (SSSR count). The van der Waals surface area contributed by atoms with Crippen LogP contribution in [0.2, 0.25) is 0 Å². The predicted octanol–water partition coefficient (Wildman–Crippen LogP) is 5.57. The Morgan fingerprint density at radius 1 is 1.21 bits per heavy atom. The van der Waals surface area contributed by atoms with Gasteiger partial charge in [-0.3, -0.25) is 0 Å². The highest BCUT2D eigenvalue weighted by Crippen LogP contribution is 2.53. The van der Waals surface area contributed by atoms with Crippen LogP contribution >= 0.6 is 0 Å². The number of aryl methyl sites for hydroxylation is 1. The zero-order valence-corrected chi connectivity index (χ0v) is 14.6. The van der Waals surface area contributed by atoms with Crippen LogP contribution in [-0.2, 0) is 6.42 Å². The average Bonchev–Trinajstić information content (AvgIpc) is 3.02. The molecule has 24 heavy (non-hydrogen) atoms. The molecule has 2 aliphatic carbocycles. The summed E-state index contributed by atoms with van der Waals surface area (Å²) in [6, 6.07) is 18.4. The molecule has 1 nitrogen and oxygen atoms in total. The highest BCUT2D eigenvalue weighted by Gasteiger charge is 2.43. The third-order valence-electron chi connectivity index (χ3n) is 6.40. The van der Waals surface area contributed by atoms with E-state index in [0.29, 0.717) is 5.92 Å². The van der Waals surface area contributed by atoms with Crippen molar-refractivity contribution < 1.29 is 5.11 Å². The van der Waals surface area contributed by atoms with Crippen molar-refractivity contribution in [1.82, 2.24) is 0 Å². The first-order valence-electron chi connectivity index (χ1n) is 9.50. The van der Waals surface area contributed by atoms with Crippen molar-refractivity contribution in [1.29, 1.82) is 0 Å². The van der Waals surface area contributed by atoms with Gasteiger partial charge >= 0.3 is 0 Å². The van der Waals surface area contributed by atoms with E-state index in [2.05, 4.69) is 49.4 Å². The van der Waals surface area contributed by atoms with Crippen LogP contribution in [0.15, 0.2) is 42.5 Å². The van der Waals surface area contributed by atoms with E-state index in [4.69, 9.17) is 0 Å². The third kappa shape index (κ3) is 2.59. The molecule has 2 aromatic carbocycles. The van der Waals surface area contributed by atoms with Crippen molar-refractivity contribution in [3.8, 4) is 0 Å². The third-order valence-corrected chi connectivity index (χ3v) is 6.40. The molecule has 0 spiro atoms. The summed E-state index contributed by atoms with van der Waals surface area (Å²) in [6.45, 7) is 2.23. The SMILES string of the molecule is CCCC1(C(O)c2ccc(C3CCc4c[c]ccc43)cc2)CCC1. The average molecular weight is 319 g/mol. The zero-order valence-electron chi connectivity index (χ0n) is 14.6. The van der Waals surface area contributed by atoms with E-state index in [-0.39, 0.29) is 11.5 Å². The van der Waals surface area contributed by atoms with Crippen molar-refractivity contribution in [3.05, 3.63) is 70.8 Å². The van der Waals surface area contributed by atoms with E-state index in [1.165, 1.54) is 42.4 Å². The molecule has 2 unspecified atom stereocenters. The highest BCUT2D eigenvalue weighted by atomic mass is 16.3. The molecular formula is C23H27O. The van der Waals surface area contributed by atoms with Gasteiger partial charge in [-0.25, -0.2) is 0 Å². The lowest BCUT2D eigenvalue weighted by Crippen LogP contribution is -2.35. The van der Waals surface area contributed by atoms with E-state index in [1.54, 1.807) is 0 Å². The molecule has 1 saturated carbocycles. The number of hydrogen-bond donors (Lipinski definition) is 1. The van der Waals surface area contributed by atoms with Gasteiger partial charge in [0.25, 0.3) is 0 Å². The van der Waals surface area contributed by atoms with Crippen molar-refractivity contribution in [3.63, 3.8) is 0 Å². The molecule has 2 aromatic rings. The summed E-state index contributed by atoms with van der Waals surface area (Å²) in [4.78, 5) is 0. The Hall–Kier alpha value is -1.60. The van der Waals surface area contributed by atoms with E-state index in [0.717, 1.165) is 24.8 Å². The summed E-state index contributed by atoms with van der Waals surface area (Å²) in [5.41, 5.74) is 5.54. The quantitative estimate of drug-likeness (QED) is 0.764. The van der Waals surface area contributed by atoms with Gasteiger partial charge in [0.05, 0.1) is 6.10 Å². The minimum atomic E-state index is -0.300. The standard InChI is InChI=1S/C23H27O/c1-2-14-23(15-5-16-23)22(24)19-10-8-18(9-11-19)21-13-12-17-6-3-4-7-20(17)21/h4,6-11,21-22,24H,2,5,12-16H2,1H3. The molecule has 125 valence electrons. The topological polar surface area (TPSA) is 20.2 Å². The lowest BCUT2D eigenvalue weighted by molar-refractivity contribution is -0.0440. The number of aliphatic hydroxyl groups is 1. The second-order valence-corrected chi connectivity index (χ2v) is 7.75.